The van der Waals surface area contributed by atoms with Gasteiger partial charge in [-0.15, -0.1) is 0 Å². The van der Waals surface area contributed by atoms with Crippen LogP contribution in [0.1, 0.15) is 49.2 Å². The SMILES string of the molecule is CC(=O)Nc1cccc(C(=O)c2ccc(C(C)(C)C)cc2)c1. The molecule has 0 heterocycles. The molecule has 2 aromatic rings. The van der Waals surface area contributed by atoms with Gasteiger partial charge in [0.15, 0.2) is 5.78 Å². The summed E-state index contributed by atoms with van der Waals surface area (Å²) in [6.07, 6.45) is 0. The highest BCUT2D eigenvalue weighted by atomic mass is 16.1. The summed E-state index contributed by atoms with van der Waals surface area (Å²) in [5, 5.41) is 2.69. The Kier molecular flexibility index (Phi) is 4.45. The number of ketones is 1. The second-order valence-corrected chi connectivity index (χ2v) is 6.42. The molecule has 3 nitrogen and oxygen atoms in total. The van der Waals surface area contributed by atoms with Crippen LogP contribution in [0, 0.1) is 0 Å². The Labute approximate surface area is 131 Å². The van der Waals surface area contributed by atoms with E-state index in [4.69, 9.17) is 0 Å². The van der Waals surface area contributed by atoms with E-state index in [0.717, 1.165) is 0 Å². The number of anilines is 1. The lowest BCUT2D eigenvalue weighted by Gasteiger charge is -2.19. The van der Waals surface area contributed by atoms with Gasteiger partial charge in [0.25, 0.3) is 0 Å². The third-order valence-electron chi connectivity index (χ3n) is 3.46. The van der Waals surface area contributed by atoms with Gasteiger partial charge in [-0.05, 0) is 23.1 Å². The zero-order chi connectivity index (χ0) is 16.3. The fraction of sp³-hybridized carbons (Fsp3) is 0.263. The largest absolute Gasteiger partial charge is 0.326 e. The van der Waals surface area contributed by atoms with E-state index in [1.807, 2.05) is 24.3 Å². The van der Waals surface area contributed by atoms with Gasteiger partial charge < -0.3 is 5.32 Å². The van der Waals surface area contributed by atoms with Gasteiger partial charge in [0, 0.05) is 23.7 Å². The second kappa shape index (κ2) is 6.14. The van der Waals surface area contributed by atoms with Crippen LogP contribution >= 0.6 is 0 Å². The highest BCUT2D eigenvalue weighted by Gasteiger charge is 2.15. The molecule has 0 aliphatic heterocycles. The second-order valence-electron chi connectivity index (χ2n) is 6.42. The molecule has 22 heavy (non-hydrogen) atoms. The number of carbonyl (C=O) groups is 2. The Bertz CT molecular complexity index is 694. The van der Waals surface area contributed by atoms with E-state index in [2.05, 4.69) is 26.1 Å². The predicted molar refractivity (Wildman–Crippen MR) is 89.3 cm³/mol. The van der Waals surface area contributed by atoms with Crippen molar-refractivity contribution in [3.8, 4) is 0 Å². The van der Waals surface area contributed by atoms with Crippen molar-refractivity contribution < 1.29 is 9.59 Å². The molecular formula is C19H21NO2. The predicted octanol–water partition coefficient (Wildman–Crippen LogP) is 4.17. The van der Waals surface area contributed by atoms with Crippen LogP contribution in [0.4, 0.5) is 5.69 Å². The molecule has 2 rings (SSSR count). The molecule has 114 valence electrons. The van der Waals surface area contributed by atoms with Crippen molar-refractivity contribution in [2.75, 3.05) is 5.32 Å². The molecule has 0 unspecified atom stereocenters. The van der Waals surface area contributed by atoms with Crippen molar-refractivity contribution in [2.45, 2.75) is 33.1 Å². The quantitative estimate of drug-likeness (QED) is 0.864. The summed E-state index contributed by atoms with van der Waals surface area (Å²) >= 11 is 0. The van der Waals surface area contributed by atoms with Gasteiger partial charge in [0.1, 0.15) is 0 Å². The first-order chi connectivity index (χ1) is 10.3. The van der Waals surface area contributed by atoms with Crippen LogP contribution in [0.2, 0.25) is 0 Å². The van der Waals surface area contributed by atoms with Crippen LogP contribution in [0.25, 0.3) is 0 Å². The monoisotopic (exact) mass is 295 g/mol. The van der Waals surface area contributed by atoms with Gasteiger partial charge in [-0.2, -0.15) is 0 Å². The van der Waals surface area contributed by atoms with Crippen LogP contribution in [-0.4, -0.2) is 11.7 Å². The number of hydrogen-bond acceptors (Lipinski definition) is 2. The van der Waals surface area contributed by atoms with Crippen LogP contribution in [0.5, 0.6) is 0 Å². The summed E-state index contributed by atoms with van der Waals surface area (Å²) in [5.41, 5.74) is 3.09. The maximum Gasteiger partial charge on any atom is 0.221 e. The Morgan fingerprint density at radius 2 is 1.55 bits per heavy atom. The fourth-order valence-electron chi connectivity index (χ4n) is 2.23. The third-order valence-corrected chi connectivity index (χ3v) is 3.46. The van der Waals surface area contributed by atoms with E-state index in [0.29, 0.717) is 16.8 Å². The maximum absolute atomic E-state index is 12.5. The Balaban J connectivity index is 2.26. The molecule has 0 spiro atoms. The topological polar surface area (TPSA) is 46.2 Å². The summed E-state index contributed by atoms with van der Waals surface area (Å²) in [4.78, 5) is 23.6. The molecule has 1 N–H and O–H groups in total. The van der Waals surface area contributed by atoms with Gasteiger partial charge in [-0.1, -0.05) is 57.2 Å². The van der Waals surface area contributed by atoms with E-state index in [9.17, 15) is 9.59 Å². The number of carbonyl (C=O) groups excluding carboxylic acids is 2. The zero-order valence-corrected chi connectivity index (χ0v) is 13.4. The summed E-state index contributed by atoms with van der Waals surface area (Å²) in [7, 11) is 0. The Hall–Kier alpha value is -2.42. The van der Waals surface area contributed by atoms with E-state index in [1.54, 1.807) is 24.3 Å². The van der Waals surface area contributed by atoms with Crippen molar-refractivity contribution in [3.63, 3.8) is 0 Å². The minimum atomic E-state index is -0.154. The van der Waals surface area contributed by atoms with Crippen LogP contribution in [0.15, 0.2) is 48.5 Å². The normalized spacial score (nSPS) is 11.1. The molecule has 2 aromatic carbocycles. The average molecular weight is 295 g/mol. The molecule has 0 atom stereocenters. The zero-order valence-electron chi connectivity index (χ0n) is 13.4. The molecule has 0 saturated carbocycles. The minimum absolute atomic E-state index is 0.0485. The molecule has 0 radical (unpaired) electrons. The number of amides is 1. The first kappa shape index (κ1) is 16.0. The summed E-state index contributed by atoms with van der Waals surface area (Å²) < 4.78 is 0. The van der Waals surface area contributed by atoms with Crippen LogP contribution in [-0.2, 0) is 10.2 Å². The van der Waals surface area contributed by atoms with Gasteiger partial charge in [-0.25, -0.2) is 0 Å². The number of nitrogens with one attached hydrogen (secondary N) is 1. The summed E-state index contributed by atoms with van der Waals surface area (Å²) in [5.74, 6) is -0.202. The van der Waals surface area contributed by atoms with Crippen LogP contribution < -0.4 is 5.32 Å². The van der Waals surface area contributed by atoms with Crippen molar-refractivity contribution in [3.05, 3.63) is 65.2 Å². The van der Waals surface area contributed by atoms with Gasteiger partial charge in [0.05, 0.1) is 0 Å². The number of rotatable bonds is 3. The summed E-state index contributed by atoms with van der Waals surface area (Å²) in [6.45, 7) is 7.86. The molecule has 0 aliphatic carbocycles. The lowest BCUT2D eigenvalue weighted by atomic mass is 9.86. The van der Waals surface area contributed by atoms with Crippen molar-refractivity contribution in [1.82, 2.24) is 0 Å². The van der Waals surface area contributed by atoms with E-state index in [1.165, 1.54) is 12.5 Å². The Morgan fingerprint density at radius 1 is 0.909 bits per heavy atom. The van der Waals surface area contributed by atoms with Crippen molar-refractivity contribution in [2.24, 2.45) is 0 Å². The maximum atomic E-state index is 12.5. The number of hydrogen-bond donors (Lipinski definition) is 1. The highest BCUT2D eigenvalue weighted by Crippen LogP contribution is 2.23. The lowest BCUT2D eigenvalue weighted by Crippen LogP contribution is -2.11. The van der Waals surface area contributed by atoms with Crippen molar-refractivity contribution in [1.29, 1.82) is 0 Å². The first-order valence-electron chi connectivity index (χ1n) is 7.30. The lowest BCUT2D eigenvalue weighted by molar-refractivity contribution is -0.114. The van der Waals surface area contributed by atoms with E-state index < -0.39 is 0 Å². The molecule has 0 saturated heterocycles. The van der Waals surface area contributed by atoms with Crippen LogP contribution in [0.3, 0.4) is 0 Å². The molecule has 1 amide bonds. The highest BCUT2D eigenvalue weighted by molar-refractivity contribution is 6.09. The third kappa shape index (κ3) is 3.82. The Morgan fingerprint density at radius 3 is 2.09 bits per heavy atom. The van der Waals surface area contributed by atoms with Gasteiger partial charge >= 0.3 is 0 Å². The number of benzene rings is 2. The minimum Gasteiger partial charge on any atom is -0.326 e. The molecule has 3 heteroatoms. The van der Waals surface area contributed by atoms with Crippen molar-refractivity contribution >= 4 is 17.4 Å². The van der Waals surface area contributed by atoms with Gasteiger partial charge in [-0.3, -0.25) is 9.59 Å². The van der Waals surface area contributed by atoms with Gasteiger partial charge in [0.2, 0.25) is 5.91 Å². The smallest absolute Gasteiger partial charge is 0.221 e. The molecule has 0 bridgehead atoms. The molecule has 0 aromatic heterocycles. The summed E-state index contributed by atoms with van der Waals surface area (Å²) in [6, 6.07) is 14.7. The standard InChI is InChI=1S/C19H21NO2/c1-13(21)20-17-7-5-6-15(12-17)18(22)14-8-10-16(11-9-14)19(2,3)4/h5-12H,1-4H3,(H,20,21). The van der Waals surface area contributed by atoms with E-state index in [-0.39, 0.29) is 17.1 Å². The average Bonchev–Trinajstić information content (AvgIpc) is 2.45. The molecule has 0 aliphatic rings. The molecule has 0 fully saturated rings. The van der Waals surface area contributed by atoms with E-state index >= 15 is 0 Å². The first-order valence-corrected chi connectivity index (χ1v) is 7.30. The molecular weight excluding hydrogens is 274 g/mol. The fourth-order valence-corrected chi connectivity index (χ4v) is 2.23.